The predicted molar refractivity (Wildman–Crippen MR) is 84.4 cm³/mol. The lowest BCUT2D eigenvalue weighted by Crippen LogP contribution is -2.02. The minimum Gasteiger partial charge on any atom is -0.491 e. The summed E-state index contributed by atoms with van der Waals surface area (Å²) >= 11 is 9.20. The van der Waals surface area contributed by atoms with Gasteiger partial charge in [0.25, 0.3) is 0 Å². The molecule has 112 valence electrons. The van der Waals surface area contributed by atoms with Crippen molar-refractivity contribution >= 4 is 44.6 Å². The Kier molecular flexibility index (Phi) is 4.90. The van der Waals surface area contributed by atoms with Crippen molar-refractivity contribution in [2.45, 2.75) is 6.92 Å². The van der Waals surface area contributed by atoms with Crippen LogP contribution in [0.5, 0.6) is 5.75 Å². The first-order valence-corrected chi connectivity index (χ1v) is 7.22. The highest BCUT2D eigenvalue weighted by atomic mass is 79.9. The second-order valence-electron chi connectivity index (χ2n) is 4.17. The fraction of sp³-hybridized carbons (Fsp3) is 0.143. The molecular formula is C14H12BrClF2N2O. The second-order valence-corrected chi connectivity index (χ2v) is 5.43. The Balaban J connectivity index is 2.42. The fourth-order valence-corrected chi connectivity index (χ4v) is 2.64. The number of nitrogens with two attached hydrogens (primary N) is 1. The van der Waals surface area contributed by atoms with E-state index in [1.54, 1.807) is 6.92 Å². The molecule has 0 atom stereocenters. The number of hydrogen-bond donors (Lipinski definition) is 2. The third kappa shape index (κ3) is 3.57. The van der Waals surface area contributed by atoms with Gasteiger partial charge in [0.15, 0.2) is 11.6 Å². The van der Waals surface area contributed by atoms with E-state index >= 15 is 0 Å². The van der Waals surface area contributed by atoms with Gasteiger partial charge in [-0.15, -0.1) is 0 Å². The maximum Gasteiger partial charge on any atom is 0.167 e. The van der Waals surface area contributed by atoms with E-state index in [0.717, 1.165) is 12.1 Å². The fourth-order valence-electron chi connectivity index (χ4n) is 1.74. The van der Waals surface area contributed by atoms with Gasteiger partial charge >= 0.3 is 0 Å². The molecule has 0 aromatic heterocycles. The molecule has 0 radical (unpaired) electrons. The summed E-state index contributed by atoms with van der Waals surface area (Å²) in [5.74, 6) is -0.952. The minimum atomic E-state index is -0.552. The first kappa shape index (κ1) is 15.9. The van der Waals surface area contributed by atoms with Crippen molar-refractivity contribution in [2.24, 2.45) is 0 Å². The van der Waals surface area contributed by atoms with Crippen LogP contribution in [0.1, 0.15) is 6.92 Å². The van der Waals surface area contributed by atoms with E-state index < -0.39 is 11.6 Å². The Morgan fingerprint density at radius 2 is 2.00 bits per heavy atom. The summed E-state index contributed by atoms with van der Waals surface area (Å²) in [6, 6.07) is 5.01. The minimum absolute atomic E-state index is 0.0727. The highest BCUT2D eigenvalue weighted by Gasteiger charge is 2.13. The van der Waals surface area contributed by atoms with Gasteiger partial charge in [0.2, 0.25) is 0 Å². The van der Waals surface area contributed by atoms with E-state index in [1.165, 1.54) is 12.1 Å². The first-order valence-electron chi connectivity index (χ1n) is 6.05. The van der Waals surface area contributed by atoms with Gasteiger partial charge in [-0.25, -0.2) is 8.78 Å². The van der Waals surface area contributed by atoms with Crippen molar-refractivity contribution in [3.8, 4) is 5.75 Å². The summed E-state index contributed by atoms with van der Waals surface area (Å²) < 4.78 is 32.5. The molecule has 0 amide bonds. The molecule has 0 fully saturated rings. The molecule has 0 saturated heterocycles. The van der Waals surface area contributed by atoms with Crippen molar-refractivity contribution in [1.82, 2.24) is 0 Å². The summed E-state index contributed by atoms with van der Waals surface area (Å²) in [5.41, 5.74) is 6.80. The van der Waals surface area contributed by atoms with E-state index in [9.17, 15) is 8.78 Å². The molecule has 0 saturated carbocycles. The molecule has 3 nitrogen and oxygen atoms in total. The highest BCUT2D eigenvalue weighted by molar-refractivity contribution is 9.10. The molecule has 0 bridgehead atoms. The first-order chi connectivity index (χ1) is 9.92. The van der Waals surface area contributed by atoms with Crippen LogP contribution < -0.4 is 15.8 Å². The third-order valence-electron chi connectivity index (χ3n) is 2.67. The zero-order chi connectivity index (χ0) is 15.6. The van der Waals surface area contributed by atoms with Gasteiger partial charge in [0, 0.05) is 16.6 Å². The highest BCUT2D eigenvalue weighted by Crippen LogP contribution is 2.37. The Bertz CT molecular complexity index is 659. The molecule has 0 aliphatic heterocycles. The van der Waals surface area contributed by atoms with Gasteiger partial charge in [0.1, 0.15) is 5.82 Å². The average Bonchev–Trinajstić information content (AvgIpc) is 2.38. The van der Waals surface area contributed by atoms with Gasteiger partial charge in [-0.3, -0.25) is 0 Å². The van der Waals surface area contributed by atoms with E-state index in [-0.39, 0.29) is 16.5 Å². The van der Waals surface area contributed by atoms with Gasteiger partial charge < -0.3 is 15.8 Å². The maximum absolute atomic E-state index is 13.7. The standard InChI is InChI=1S/C14H12BrClF2N2O/c1-2-21-13-6-12(11(19)5-10(13)18)20-14-8(15)3-7(17)4-9(14)16/h3-6,20H,2,19H2,1H3. The van der Waals surface area contributed by atoms with Gasteiger partial charge in [-0.1, -0.05) is 11.6 Å². The summed E-state index contributed by atoms with van der Waals surface area (Å²) in [5, 5.41) is 3.11. The normalized spacial score (nSPS) is 10.5. The van der Waals surface area contributed by atoms with Crippen molar-refractivity contribution in [3.63, 3.8) is 0 Å². The van der Waals surface area contributed by atoms with Crippen LogP contribution in [0.3, 0.4) is 0 Å². The van der Waals surface area contributed by atoms with E-state index in [1.807, 2.05) is 0 Å². The largest absolute Gasteiger partial charge is 0.491 e. The molecule has 0 spiro atoms. The Hall–Kier alpha value is -1.53. The second kappa shape index (κ2) is 6.49. The van der Waals surface area contributed by atoms with Gasteiger partial charge in [-0.05, 0) is 35.0 Å². The number of hydrogen-bond acceptors (Lipinski definition) is 3. The quantitative estimate of drug-likeness (QED) is 0.728. The van der Waals surface area contributed by atoms with Crippen LogP contribution in [0.4, 0.5) is 25.8 Å². The maximum atomic E-state index is 13.7. The molecule has 21 heavy (non-hydrogen) atoms. The van der Waals surface area contributed by atoms with Crippen LogP contribution in [0.15, 0.2) is 28.7 Å². The molecule has 2 rings (SSSR count). The smallest absolute Gasteiger partial charge is 0.167 e. The van der Waals surface area contributed by atoms with E-state index in [0.29, 0.717) is 22.5 Å². The van der Waals surface area contributed by atoms with Gasteiger partial charge in [0.05, 0.1) is 28.7 Å². The summed E-state index contributed by atoms with van der Waals surface area (Å²) in [6.07, 6.45) is 0. The molecule has 3 N–H and O–H groups in total. The zero-order valence-corrected chi connectivity index (χ0v) is 13.4. The number of anilines is 3. The van der Waals surface area contributed by atoms with Crippen LogP contribution in [-0.4, -0.2) is 6.61 Å². The van der Waals surface area contributed by atoms with Crippen LogP contribution in [0, 0.1) is 11.6 Å². The summed E-state index contributed by atoms with van der Waals surface area (Å²) in [7, 11) is 0. The topological polar surface area (TPSA) is 47.3 Å². The van der Waals surface area contributed by atoms with Gasteiger partial charge in [-0.2, -0.15) is 0 Å². The number of rotatable bonds is 4. The van der Waals surface area contributed by atoms with E-state index in [4.69, 9.17) is 22.1 Å². The Labute approximate surface area is 134 Å². The molecule has 2 aromatic carbocycles. The summed E-state index contributed by atoms with van der Waals surface area (Å²) in [6.45, 7) is 2.07. The third-order valence-corrected chi connectivity index (χ3v) is 3.59. The molecule has 7 heteroatoms. The summed E-state index contributed by atoms with van der Waals surface area (Å²) in [4.78, 5) is 0. The predicted octanol–water partition coefficient (Wildman–Crippen LogP) is 5.11. The zero-order valence-electron chi connectivity index (χ0n) is 11.0. The van der Waals surface area contributed by atoms with Crippen LogP contribution in [-0.2, 0) is 0 Å². The molecule has 2 aromatic rings. The Morgan fingerprint density at radius 1 is 1.29 bits per heavy atom. The van der Waals surface area contributed by atoms with Crippen LogP contribution in [0.25, 0.3) is 0 Å². The molecule has 0 aliphatic rings. The number of halogens is 4. The lowest BCUT2D eigenvalue weighted by molar-refractivity contribution is 0.322. The van der Waals surface area contributed by atoms with Crippen molar-refractivity contribution < 1.29 is 13.5 Å². The number of nitrogens with one attached hydrogen (secondary N) is 1. The monoisotopic (exact) mass is 376 g/mol. The Morgan fingerprint density at radius 3 is 2.62 bits per heavy atom. The van der Waals surface area contributed by atoms with Crippen molar-refractivity contribution in [2.75, 3.05) is 17.7 Å². The SMILES string of the molecule is CCOc1cc(Nc2c(Cl)cc(F)cc2Br)c(N)cc1F. The molecular weight excluding hydrogens is 366 g/mol. The average molecular weight is 378 g/mol. The molecule has 0 heterocycles. The number of nitrogen functional groups attached to an aromatic ring is 1. The van der Waals surface area contributed by atoms with Crippen LogP contribution in [0.2, 0.25) is 5.02 Å². The number of benzene rings is 2. The lowest BCUT2D eigenvalue weighted by Gasteiger charge is -2.15. The van der Waals surface area contributed by atoms with Crippen molar-refractivity contribution in [3.05, 3.63) is 45.4 Å². The molecule has 0 aliphatic carbocycles. The van der Waals surface area contributed by atoms with Crippen LogP contribution >= 0.6 is 27.5 Å². The number of ether oxygens (including phenoxy) is 1. The van der Waals surface area contributed by atoms with E-state index in [2.05, 4.69) is 21.2 Å². The molecule has 0 unspecified atom stereocenters. The lowest BCUT2D eigenvalue weighted by atomic mass is 10.2. The van der Waals surface area contributed by atoms with Crippen molar-refractivity contribution in [1.29, 1.82) is 0 Å².